The maximum Gasteiger partial charge on any atom is 0.142 e. The van der Waals surface area contributed by atoms with Crippen LogP contribution in [0.2, 0.25) is 0 Å². The molecule has 0 aromatic heterocycles. The maximum absolute atomic E-state index is 9.30. The summed E-state index contributed by atoms with van der Waals surface area (Å²) >= 11 is 0. The van der Waals surface area contributed by atoms with Gasteiger partial charge in [-0.2, -0.15) is 0 Å². The van der Waals surface area contributed by atoms with Crippen LogP contribution in [0.4, 0.5) is 5.69 Å². The molecule has 0 spiro atoms. The lowest BCUT2D eigenvalue weighted by Gasteiger charge is -2.23. The minimum absolute atomic E-state index is 0.187. The van der Waals surface area contributed by atoms with E-state index in [4.69, 9.17) is 4.74 Å². The molecule has 122 valence electrons. The summed E-state index contributed by atoms with van der Waals surface area (Å²) in [6, 6.07) is 16.8. The standard InChI is InChI=1S/C19H24N2O2/c22-12-11-21(15-17-4-2-1-3-5-17)10-8-16-6-7-19-18(14-16)20-9-13-23-19/h1-7,14,20,22H,8-13,15H2. The van der Waals surface area contributed by atoms with Gasteiger partial charge in [0.1, 0.15) is 12.4 Å². The second-order valence-electron chi connectivity index (χ2n) is 5.84. The van der Waals surface area contributed by atoms with Crippen LogP contribution in [-0.2, 0) is 13.0 Å². The van der Waals surface area contributed by atoms with E-state index in [9.17, 15) is 5.11 Å². The monoisotopic (exact) mass is 312 g/mol. The number of ether oxygens (including phenoxy) is 1. The van der Waals surface area contributed by atoms with Crippen LogP contribution in [0.15, 0.2) is 48.5 Å². The lowest BCUT2D eigenvalue weighted by molar-refractivity contribution is 0.191. The van der Waals surface area contributed by atoms with Crippen LogP contribution in [0.3, 0.4) is 0 Å². The molecule has 2 aromatic carbocycles. The largest absolute Gasteiger partial charge is 0.490 e. The highest BCUT2D eigenvalue weighted by atomic mass is 16.5. The number of hydrogen-bond donors (Lipinski definition) is 2. The van der Waals surface area contributed by atoms with Gasteiger partial charge in [0.2, 0.25) is 0 Å². The van der Waals surface area contributed by atoms with Crippen molar-refractivity contribution in [1.29, 1.82) is 0 Å². The smallest absolute Gasteiger partial charge is 0.142 e. The number of anilines is 1. The summed E-state index contributed by atoms with van der Waals surface area (Å²) in [6.07, 6.45) is 0.960. The summed E-state index contributed by atoms with van der Waals surface area (Å²) in [4.78, 5) is 2.29. The first-order valence-electron chi connectivity index (χ1n) is 8.22. The summed E-state index contributed by atoms with van der Waals surface area (Å²) in [5.41, 5.74) is 3.66. The van der Waals surface area contributed by atoms with Crippen LogP contribution in [-0.4, -0.2) is 42.9 Å². The van der Waals surface area contributed by atoms with Crippen molar-refractivity contribution in [3.63, 3.8) is 0 Å². The number of fused-ring (bicyclic) bond motifs is 1. The molecule has 0 fully saturated rings. The molecule has 1 aliphatic heterocycles. The normalized spacial score (nSPS) is 13.3. The SMILES string of the molecule is OCCN(CCc1ccc2c(c1)NCCO2)Cc1ccccc1. The van der Waals surface area contributed by atoms with E-state index < -0.39 is 0 Å². The van der Waals surface area contributed by atoms with Crippen LogP contribution in [0.25, 0.3) is 0 Å². The molecule has 4 nitrogen and oxygen atoms in total. The van der Waals surface area contributed by atoms with Gasteiger partial charge in [-0.05, 0) is 29.7 Å². The minimum atomic E-state index is 0.187. The van der Waals surface area contributed by atoms with Gasteiger partial charge >= 0.3 is 0 Å². The van der Waals surface area contributed by atoms with Gasteiger partial charge in [0.15, 0.2) is 0 Å². The summed E-state index contributed by atoms with van der Waals surface area (Å²) in [5, 5.41) is 12.7. The van der Waals surface area contributed by atoms with Crippen LogP contribution >= 0.6 is 0 Å². The molecular formula is C19H24N2O2. The molecule has 3 rings (SSSR count). The first kappa shape index (κ1) is 15.8. The van der Waals surface area contributed by atoms with E-state index in [0.29, 0.717) is 6.54 Å². The van der Waals surface area contributed by atoms with E-state index in [1.807, 2.05) is 12.1 Å². The fourth-order valence-corrected chi connectivity index (χ4v) is 2.88. The lowest BCUT2D eigenvalue weighted by atomic mass is 10.1. The molecule has 1 heterocycles. The van der Waals surface area contributed by atoms with Crippen LogP contribution in [0.1, 0.15) is 11.1 Å². The van der Waals surface area contributed by atoms with Gasteiger partial charge in [0.25, 0.3) is 0 Å². The molecule has 0 atom stereocenters. The van der Waals surface area contributed by atoms with Crippen molar-refractivity contribution >= 4 is 5.69 Å². The highest BCUT2D eigenvalue weighted by molar-refractivity contribution is 5.59. The Hall–Kier alpha value is -2.04. The van der Waals surface area contributed by atoms with E-state index in [-0.39, 0.29) is 6.61 Å². The number of benzene rings is 2. The molecule has 0 radical (unpaired) electrons. The molecule has 0 aliphatic carbocycles. The maximum atomic E-state index is 9.30. The Kier molecular flexibility index (Phi) is 5.51. The van der Waals surface area contributed by atoms with Crippen molar-refractivity contribution < 1.29 is 9.84 Å². The fourth-order valence-electron chi connectivity index (χ4n) is 2.88. The van der Waals surface area contributed by atoms with Crippen LogP contribution < -0.4 is 10.1 Å². The number of aliphatic hydroxyl groups is 1. The third-order valence-corrected chi connectivity index (χ3v) is 4.10. The van der Waals surface area contributed by atoms with E-state index in [2.05, 4.69) is 46.6 Å². The fraction of sp³-hybridized carbons (Fsp3) is 0.368. The van der Waals surface area contributed by atoms with Crippen molar-refractivity contribution in [2.45, 2.75) is 13.0 Å². The Morgan fingerprint density at radius 1 is 1.04 bits per heavy atom. The van der Waals surface area contributed by atoms with Gasteiger partial charge in [0, 0.05) is 26.2 Å². The Morgan fingerprint density at radius 2 is 1.91 bits per heavy atom. The zero-order valence-corrected chi connectivity index (χ0v) is 13.4. The van der Waals surface area contributed by atoms with E-state index in [1.165, 1.54) is 11.1 Å². The number of hydrogen-bond acceptors (Lipinski definition) is 4. The average Bonchev–Trinajstić information content (AvgIpc) is 2.60. The van der Waals surface area contributed by atoms with E-state index in [1.54, 1.807) is 0 Å². The van der Waals surface area contributed by atoms with Gasteiger partial charge in [-0.1, -0.05) is 36.4 Å². The van der Waals surface area contributed by atoms with Crippen LogP contribution in [0, 0.1) is 0 Å². The van der Waals surface area contributed by atoms with Gasteiger partial charge < -0.3 is 15.2 Å². The molecule has 2 aromatic rings. The zero-order chi connectivity index (χ0) is 15.9. The highest BCUT2D eigenvalue weighted by Crippen LogP contribution is 2.28. The molecule has 0 amide bonds. The Labute approximate surface area is 137 Å². The Morgan fingerprint density at radius 3 is 2.74 bits per heavy atom. The van der Waals surface area contributed by atoms with Crippen LogP contribution in [0.5, 0.6) is 5.75 Å². The number of nitrogens with zero attached hydrogens (tertiary/aromatic N) is 1. The third kappa shape index (κ3) is 4.47. The van der Waals surface area contributed by atoms with E-state index in [0.717, 1.165) is 44.1 Å². The third-order valence-electron chi connectivity index (χ3n) is 4.10. The van der Waals surface area contributed by atoms with Crippen molar-refractivity contribution in [2.75, 3.05) is 38.2 Å². The first-order valence-corrected chi connectivity index (χ1v) is 8.22. The quantitative estimate of drug-likeness (QED) is 0.825. The summed E-state index contributed by atoms with van der Waals surface area (Å²) in [7, 11) is 0. The molecule has 0 bridgehead atoms. The first-order chi connectivity index (χ1) is 11.3. The van der Waals surface area contributed by atoms with Crippen molar-refractivity contribution in [1.82, 2.24) is 4.90 Å². The molecule has 4 heteroatoms. The number of rotatable bonds is 7. The lowest BCUT2D eigenvalue weighted by Crippen LogP contribution is -2.28. The second-order valence-corrected chi connectivity index (χ2v) is 5.84. The Bertz CT molecular complexity index is 616. The van der Waals surface area contributed by atoms with Gasteiger partial charge in [0.05, 0.1) is 12.3 Å². The average molecular weight is 312 g/mol. The van der Waals surface area contributed by atoms with E-state index >= 15 is 0 Å². The predicted octanol–water partition coefficient (Wildman–Crippen LogP) is 2.53. The van der Waals surface area contributed by atoms with Crippen molar-refractivity contribution in [2.24, 2.45) is 0 Å². The summed E-state index contributed by atoms with van der Waals surface area (Å²) < 4.78 is 5.62. The molecule has 23 heavy (non-hydrogen) atoms. The summed E-state index contributed by atoms with van der Waals surface area (Å²) in [6.45, 7) is 4.27. The van der Waals surface area contributed by atoms with Gasteiger partial charge in [-0.25, -0.2) is 0 Å². The molecule has 1 aliphatic rings. The molecule has 0 saturated carbocycles. The molecule has 0 saturated heterocycles. The Balaban J connectivity index is 1.60. The minimum Gasteiger partial charge on any atom is -0.490 e. The molecule has 2 N–H and O–H groups in total. The summed E-state index contributed by atoms with van der Waals surface area (Å²) in [5.74, 6) is 0.941. The molecular weight excluding hydrogens is 288 g/mol. The predicted molar refractivity (Wildman–Crippen MR) is 92.9 cm³/mol. The van der Waals surface area contributed by atoms with Crippen molar-refractivity contribution in [3.05, 3.63) is 59.7 Å². The highest BCUT2D eigenvalue weighted by Gasteiger charge is 2.11. The number of aliphatic hydroxyl groups excluding tert-OH is 1. The van der Waals surface area contributed by atoms with Crippen molar-refractivity contribution in [3.8, 4) is 5.75 Å². The topological polar surface area (TPSA) is 44.7 Å². The zero-order valence-electron chi connectivity index (χ0n) is 13.4. The molecule has 0 unspecified atom stereocenters. The second kappa shape index (κ2) is 7.99. The number of nitrogens with one attached hydrogen (secondary N) is 1. The van der Waals surface area contributed by atoms with Gasteiger partial charge in [-0.15, -0.1) is 0 Å². The van der Waals surface area contributed by atoms with Gasteiger partial charge in [-0.3, -0.25) is 4.90 Å².